The van der Waals surface area contributed by atoms with Crippen LogP contribution in [0.4, 0.5) is 0 Å². The molecule has 0 aliphatic carbocycles. The molecule has 0 amide bonds. The summed E-state index contributed by atoms with van der Waals surface area (Å²) in [6, 6.07) is 0. The molecule has 1 aromatic heterocycles. The highest BCUT2D eigenvalue weighted by Gasteiger charge is 2.20. The van der Waals surface area contributed by atoms with E-state index < -0.39 is 0 Å². The zero-order chi connectivity index (χ0) is 12.3. The summed E-state index contributed by atoms with van der Waals surface area (Å²) in [5.41, 5.74) is 1.47. The lowest BCUT2D eigenvalue weighted by molar-refractivity contribution is 0.428. The van der Waals surface area contributed by atoms with Crippen LogP contribution in [0.1, 0.15) is 49.6 Å². The maximum absolute atomic E-state index is 4.77. The summed E-state index contributed by atoms with van der Waals surface area (Å²) in [5, 5.41) is 7.77. The van der Waals surface area contributed by atoms with Crippen molar-refractivity contribution in [3.8, 4) is 0 Å². The summed E-state index contributed by atoms with van der Waals surface area (Å²) < 4.78 is 0. The van der Waals surface area contributed by atoms with Crippen molar-refractivity contribution in [3.05, 3.63) is 16.1 Å². The summed E-state index contributed by atoms with van der Waals surface area (Å²) >= 11 is 3.91. The fourth-order valence-corrected chi connectivity index (χ4v) is 4.31. The molecule has 2 rings (SSSR count). The first-order chi connectivity index (χ1) is 8.04. The third kappa shape index (κ3) is 4.27. The highest BCUT2D eigenvalue weighted by Crippen LogP contribution is 2.40. The summed E-state index contributed by atoms with van der Waals surface area (Å²) in [7, 11) is 0. The van der Waals surface area contributed by atoms with Gasteiger partial charge in [0, 0.05) is 23.9 Å². The van der Waals surface area contributed by atoms with E-state index in [1.165, 1.54) is 29.3 Å². The Bertz CT molecular complexity index is 349. The van der Waals surface area contributed by atoms with Crippen molar-refractivity contribution < 1.29 is 0 Å². The Morgan fingerprint density at radius 2 is 2.29 bits per heavy atom. The van der Waals surface area contributed by atoms with Gasteiger partial charge >= 0.3 is 0 Å². The zero-order valence-electron chi connectivity index (χ0n) is 11.0. The molecular weight excluding hydrogens is 248 g/mol. The second-order valence-electron chi connectivity index (χ2n) is 5.61. The normalized spacial score (nSPS) is 21.0. The van der Waals surface area contributed by atoms with Gasteiger partial charge in [-0.15, -0.1) is 11.3 Å². The summed E-state index contributed by atoms with van der Waals surface area (Å²) in [4.78, 5) is 4.77. The first-order valence-electron chi connectivity index (χ1n) is 6.35. The van der Waals surface area contributed by atoms with E-state index in [1.807, 2.05) is 11.3 Å². The quantitative estimate of drug-likeness (QED) is 0.904. The fraction of sp³-hybridized carbons (Fsp3) is 0.769. The fourth-order valence-electron chi connectivity index (χ4n) is 1.92. The molecule has 0 spiro atoms. The molecule has 1 aliphatic heterocycles. The van der Waals surface area contributed by atoms with Gasteiger partial charge in [0.2, 0.25) is 0 Å². The van der Waals surface area contributed by atoms with Gasteiger partial charge in [-0.1, -0.05) is 0 Å². The number of aromatic nitrogens is 1. The Kier molecular flexibility index (Phi) is 4.50. The summed E-state index contributed by atoms with van der Waals surface area (Å²) in [6.45, 7) is 7.63. The maximum Gasteiger partial charge on any atom is 0.106 e. The van der Waals surface area contributed by atoms with E-state index in [1.54, 1.807) is 0 Å². The third-order valence-corrected chi connectivity index (χ3v) is 5.35. The average Bonchev–Trinajstić information content (AvgIpc) is 2.83. The first-order valence-corrected chi connectivity index (χ1v) is 8.28. The number of thioether (sulfide) groups is 1. The van der Waals surface area contributed by atoms with Crippen LogP contribution in [0.25, 0.3) is 0 Å². The number of hydrogen-bond donors (Lipinski definition) is 1. The largest absolute Gasteiger partial charge is 0.312 e. The molecule has 2 nitrogen and oxygen atoms in total. The molecule has 4 heteroatoms. The molecule has 1 saturated heterocycles. The average molecular weight is 270 g/mol. The molecule has 2 heterocycles. The van der Waals surface area contributed by atoms with E-state index in [0.29, 0.717) is 5.25 Å². The standard InChI is InChI=1S/C13H22N2S2/c1-13(2,3)14-7-6-10-9-17-12(15-10)11-5-4-8-16-11/h9,11,14H,4-8H2,1-3H3. The Labute approximate surface area is 113 Å². The topological polar surface area (TPSA) is 24.9 Å². The lowest BCUT2D eigenvalue weighted by Gasteiger charge is -2.19. The molecule has 0 bridgehead atoms. The minimum Gasteiger partial charge on any atom is -0.312 e. The van der Waals surface area contributed by atoms with Gasteiger partial charge in [-0.05, 0) is 39.4 Å². The molecule has 1 N–H and O–H groups in total. The van der Waals surface area contributed by atoms with Crippen LogP contribution in [0.5, 0.6) is 0 Å². The van der Waals surface area contributed by atoms with Crippen LogP contribution >= 0.6 is 23.1 Å². The van der Waals surface area contributed by atoms with Crippen LogP contribution in [0, 0.1) is 0 Å². The molecule has 96 valence electrons. The Morgan fingerprint density at radius 3 is 2.94 bits per heavy atom. The van der Waals surface area contributed by atoms with Gasteiger partial charge in [0.15, 0.2) is 0 Å². The van der Waals surface area contributed by atoms with E-state index >= 15 is 0 Å². The molecule has 0 radical (unpaired) electrons. The predicted molar refractivity (Wildman–Crippen MR) is 78.0 cm³/mol. The van der Waals surface area contributed by atoms with Crippen molar-refractivity contribution in [3.63, 3.8) is 0 Å². The van der Waals surface area contributed by atoms with Gasteiger partial charge in [0.05, 0.1) is 10.9 Å². The number of nitrogens with zero attached hydrogens (tertiary/aromatic N) is 1. The maximum atomic E-state index is 4.77. The van der Waals surface area contributed by atoms with Crippen LogP contribution in [0.2, 0.25) is 0 Å². The molecule has 17 heavy (non-hydrogen) atoms. The van der Waals surface area contributed by atoms with Gasteiger partial charge in [0.1, 0.15) is 5.01 Å². The van der Waals surface area contributed by atoms with Gasteiger partial charge < -0.3 is 5.32 Å². The van der Waals surface area contributed by atoms with E-state index in [-0.39, 0.29) is 5.54 Å². The second-order valence-corrected chi connectivity index (χ2v) is 7.81. The molecule has 1 atom stereocenters. The van der Waals surface area contributed by atoms with Crippen LogP contribution in [-0.4, -0.2) is 22.8 Å². The smallest absolute Gasteiger partial charge is 0.106 e. The minimum absolute atomic E-state index is 0.208. The zero-order valence-corrected chi connectivity index (χ0v) is 12.6. The highest BCUT2D eigenvalue weighted by atomic mass is 32.2. The van der Waals surface area contributed by atoms with E-state index in [4.69, 9.17) is 4.98 Å². The number of nitrogens with one attached hydrogen (secondary N) is 1. The van der Waals surface area contributed by atoms with Gasteiger partial charge in [-0.3, -0.25) is 0 Å². The summed E-state index contributed by atoms with van der Waals surface area (Å²) in [6.07, 6.45) is 3.72. The Morgan fingerprint density at radius 1 is 1.47 bits per heavy atom. The minimum atomic E-state index is 0.208. The van der Waals surface area contributed by atoms with Crippen LogP contribution in [0.3, 0.4) is 0 Å². The van der Waals surface area contributed by atoms with Crippen LogP contribution in [0.15, 0.2) is 5.38 Å². The monoisotopic (exact) mass is 270 g/mol. The van der Waals surface area contributed by atoms with E-state index in [0.717, 1.165) is 13.0 Å². The van der Waals surface area contributed by atoms with Crippen molar-refractivity contribution in [2.45, 2.75) is 50.8 Å². The Hall–Kier alpha value is -0.0600. The number of thiazole rings is 1. The van der Waals surface area contributed by atoms with Crippen LogP contribution in [-0.2, 0) is 6.42 Å². The SMILES string of the molecule is CC(C)(C)NCCc1csc(C2CCCS2)n1. The molecule has 0 saturated carbocycles. The molecular formula is C13H22N2S2. The lowest BCUT2D eigenvalue weighted by Crippen LogP contribution is -2.37. The van der Waals surface area contributed by atoms with Crippen molar-refractivity contribution in [1.82, 2.24) is 10.3 Å². The van der Waals surface area contributed by atoms with Crippen LogP contribution < -0.4 is 5.32 Å². The molecule has 0 aromatic carbocycles. The van der Waals surface area contributed by atoms with Gasteiger partial charge in [-0.25, -0.2) is 4.98 Å². The van der Waals surface area contributed by atoms with E-state index in [2.05, 4.69) is 43.2 Å². The van der Waals surface area contributed by atoms with Crippen molar-refractivity contribution in [1.29, 1.82) is 0 Å². The van der Waals surface area contributed by atoms with Crippen molar-refractivity contribution in [2.75, 3.05) is 12.3 Å². The highest BCUT2D eigenvalue weighted by molar-refractivity contribution is 7.99. The predicted octanol–water partition coefficient (Wildman–Crippen LogP) is 3.64. The van der Waals surface area contributed by atoms with Crippen molar-refractivity contribution in [2.24, 2.45) is 0 Å². The molecule has 1 aromatic rings. The molecule has 1 fully saturated rings. The second kappa shape index (κ2) is 5.72. The molecule has 1 unspecified atom stereocenters. The Balaban J connectivity index is 1.81. The number of rotatable bonds is 4. The molecule has 1 aliphatic rings. The number of hydrogen-bond acceptors (Lipinski definition) is 4. The lowest BCUT2D eigenvalue weighted by atomic mass is 10.1. The van der Waals surface area contributed by atoms with Gasteiger partial charge in [-0.2, -0.15) is 11.8 Å². The van der Waals surface area contributed by atoms with Gasteiger partial charge in [0.25, 0.3) is 0 Å². The third-order valence-electron chi connectivity index (χ3n) is 2.81. The summed E-state index contributed by atoms with van der Waals surface area (Å²) in [5.74, 6) is 1.31. The first kappa shape index (κ1) is 13.4. The van der Waals surface area contributed by atoms with Crippen molar-refractivity contribution >= 4 is 23.1 Å². The van der Waals surface area contributed by atoms with E-state index in [9.17, 15) is 0 Å².